The first-order valence-corrected chi connectivity index (χ1v) is 6.68. The van der Waals surface area contributed by atoms with Crippen LogP contribution in [0.5, 0.6) is 5.75 Å². The zero-order valence-corrected chi connectivity index (χ0v) is 12.5. The van der Waals surface area contributed by atoms with Gasteiger partial charge in [0.15, 0.2) is 6.61 Å². The minimum atomic E-state index is -0.148. The highest BCUT2D eigenvalue weighted by Crippen LogP contribution is 2.18. The smallest absolute Gasteiger partial charge is 0.258 e. The van der Waals surface area contributed by atoms with E-state index in [1.54, 1.807) is 0 Å². The fourth-order valence-corrected chi connectivity index (χ4v) is 1.57. The van der Waals surface area contributed by atoms with E-state index >= 15 is 0 Å². The number of benzene rings is 1. The molecule has 1 N–H and O–H groups in total. The van der Waals surface area contributed by atoms with Gasteiger partial charge in [-0.2, -0.15) is 0 Å². The SMILES string of the molecule is C=C(C)COCCNC(=O)COc1cc(C)ccc1C. The summed E-state index contributed by atoms with van der Waals surface area (Å²) in [6.45, 7) is 11.1. The number of nitrogens with one attached hydrogen (secondary N) is 1. The molecule has 0 radical (unpaired) electrons. The van der Waals surface area contributed by atoms with Crippen LogP contribution in [0.1, 0.15) is 18.1 Å². The summed E-state index contributed by atoms with van der Waals surface area (Å²) in [6.07, 6.45) is 0. The van der Waals surface area contributed by atoms with Gasteiger partial charge in [-0.15, -0.1) is 0 Å². The largest absolute Gasteiger partial charge is 0.483 e. The van der Waals surface area contributed by atoms with Crippen molar-refractivity contribution in [2.45, 2.75) is 20.8 Å². The average molecular weight is 277 g/mol. The Bertz CT molecular complexity index is 469. The lowest BCUT2D eigenvalue weighted by molar-refractivity contribution is -0.123. The number of aryl methyl sites for hydroxylation is 2. The predicted octanol–water partition coefficient (Wildman–Crippen LogP) is 2.39. The summed E-state index contributed by atoms with van der Waals surface area (Å²) in [5.41, 5.74) is 3.10. The first kappa shape index (κ1) is 16.2. The second-order valence-corrected chi connectivity index (χ2v) is 4.92. The van der Waals surface area contributed by atoms with Gasteiger partial charge in [-0.05, 0) is 38.0 Å². The molecule has 0 saturated carbocycles. The molecule has 1 amide bonds. The van der Waals surface area contributed by atoms with E-state index in [2.05, 4.69) is 11.9 Å². The summed E-state index contributed by atoms with van der Waals surface area (Å²) >= 11 is 0. The van der Waals surface area contributed by atoms with Crippen molar-refractivity contribution >= 4 is 5.91 Å². The van der Waals surface area contributed by atoms with Crippen molar-refractivity contribution in [2.24, 2.45) is 0 Å². The Kier molecular flexibility index (Phi) is 6.81. The molecule has 1 rings (SSSR count). The Morgan fingerprint density at radius 1 is 1.30 bits per heavy atom. The van der Waals surface area contributed by atoms with Crippen molar-refractivity contribution in [3.63, 3.8) is 0 Å². The van der Waals surface area contributed by atoms with Gasteiger partial charge in [0.25, 0.3) is 5.91 Å². The van der Waals surface area contributed by atoms with Gasteiger partial charge in [0.2, 0.25) is 0 Å². The molecular formula is C16H23NO3. The number of rotatable bonds is 8. The molecule has 0 heterocycles. The van der Waals surface area contributed by atoms with Crippen molar-refractivity contribution in [1.29, 1.82) is 0 Å². The summed E-state index contributed by atoms with van der Waals surface area (Å²) in [7, 11) is 0. The van der Waals surface area contributed by atoms with Crippen LogP contribution in [0.3, 0.4) is 0 Å². The number of carbonyl (C=O) groups excluding carboxylic acids is 1. The van der Waals surface area contributed by atoms with Crippen molar-refractivity contribution in [3.8, 4) is 5.75 Å². The average Bonchev–Trinajstić information content (AvgIpc) is 2.39. The van der Waals surface area contributed by atoms with Crippen LogP contribution in [0.25, 0.3) is 0 Å². The summed E-state index contributed by atoms with van der Waals surface area (Å²) in [5, 5.41) is 2.74. The fraction of sp³-hybridized carbons (Fsp3) is 0.438. The van der Waals surface area contributed by atoms with E-state index in [0.29, 0.717) is 19.8 Å². The number of ether oxygens (including phenoxy) is 2. The number of hydrogen-bond donors (Lipinski definition) is 1. The van der Waals surface area contributed by atoms with Gasteiger partial charge in [0, 0.05) is 6.54 Å². The molecule has 4 nitrogen and oxygen atoms in total. The molecule has 0 aliphatic rings. The topological polar surface area (TPSA) is 47.6 Å². The van der Waals surface area contributed by atoms with Gasteiger partial charge in [0.1, 0.15) is 5.75 Å². The third kappa shape index (κ3) is 6.38. The lowest BCUT2D eigenvalue weighted by Crippen LogP contribution is -2.31. The summed E-state index contributed by atoms with van der Waals surface area (Å²) in [4.78, 5) is 11.6. The van der Waals surface area contributed by atoms with Gasteiger partial charge < -0.3 is 14.8 Å². The molecule has 0 unspecified atom stereocenters. The third-order valence-electron chi connectivity index (χ3n) is 2.62. The molecule has 0 saturated heterocycles. The molecule has 4 heteroatoms. The Morgan fingerprint density at radius 2 is 2.05 bits per heavy atom. The van der Waals surface area contributed by atoms with Crippen molar-refractivity contribution in [2.75, 3.05) is 26.4 Å². The molecule has 20 heavy (non-hydrogen) atoms. The van der Waals surface area contributed by atoms with Crippen LogP contribution in [0, 0.1) is 13.8 Å². The monoisotopic (exact) mass is 277 g/mol. The lowest BCUT2D eigenvalue weighted by Gasteiger charge is -2.10. The van der Waals surface area contributed by atoms with E-state index in [1.165, 1.54) is 0 Å². The zero-order chi connectivity index (χ0) is 15.0. The van der Waals surface area contributed by atoms with Crippen LogP contribution in [0.15, 0.2) is 30.4 Å². The van der Waals surface area contributed by atoms with Crippen molar-refractivity contribution in [1.82, 2.24) is 5.32 Å². The summed E-state index contributed by atoms with van der Waals surface area (Å²) in [6, 6.07) is 5.92. The first-order chi connectivity index (χ1) is 9.49. The standard InChI is InChI=1S/C16H23NO3/c1-12(2)10-19-8-7-17-16(18)11-20-15-9-13(3)5-6-14(15)4/h5-6,9H,1,7-8,10-11H2,2-4H3,(H,17,18). The van der Waals surface area contributed by atoms with Crippen molar-refractivity contribution in [3.05, 3.63) is 41.5 Å². The molecular weight excluding hydrogens is 254 g/mol. The highest BCUT2D eigenvalue weighted by atomic mass is 16.5. The molecule has 0 spiro atoms. The predicted molar refractivity (Wildman–Crippen MR) is 80.1 cm³/mol. The lowest BCUT2D eigenvalue weighted by atomic mass is 10.1. The normalized spacial score (nSPS) is 10.2. The highest BCUT2D eigenvalue weighted by molar-refractivity contribution is 5.77. The van der Waals surface area contributed by atoms with E-state index in [-0.39, 0.29) is 12.5 Å². The van der Waals surface area contributed by atoms with Gasteiger partial charge in [-0.3, -0.25) is 4.79 Å². The first-order valence-electron chi connectivity index (χ1n) is 6.68. The molecule has 0 atom stereocenters. The summed E-state index contributed by atoms with van der Waals surface area (Å²) in [5.74, 6) is 0.600. The molecule has 110 valence electrons. The van der Waals surface area contributed by atoms with Crippen LogP contribution in [-0.4, -0.2) is 32.3 Å². The second kappa shape index (κ2) is 8.38. The number of amides is 1. The Morgan fingerprint density at radius 3 is 2.75 bits per heavy atom. The minimum Gasteiger partial charge on any atom is -0.483 e. The fourth-order valence-electron chi connectivity index (χ4n) is 1.57. The number of carbonyl (C=O) groups is 1. The molecule has 0 fully saturated rings. The molecule has 1 aromatic rings. The van der Waals surface area contributed by atoms with E-state index in [4.69, 9.17) is 9.47 Å². The molecule has 0 bridgehead atoms. The summed E-state index contributed by atoms with van der Waals surface area (Å²) < 4.78 is 10.8. The Balaban J connectivity index is 2.23. The van der Waals surface area contributed by atoms with E-state index in [0.717, 1.165) is 22.4 Å². The van der Waals surface area contributed by atoms with Crippen LogP contribution in [0.2, 0.25) is 0 Å². The third-order valence-corrected chi connectivity index (χ3v) is 2.62. The maximum atomic E-state index is 11.6. The molecule has 1 aromatic carbocycles. The maximum absolute atomic E-state index is 11.6. The number of hydrogen-bond acceptors (Lipinski definition) is 3. The second-order valence-electron chi connectivity index (χ2n) is 4.92. The van der Waals surface area contributed by atoms with Gasteiger partial charge in [-0.1, -0.05) is 24.3 Å². The van der Waals surface area contributed by atoms with E-state index in [1.807, 2.05) is 39.0 Å². The molecule has 0 aliphatic heterocycles. The minimum absolute atomic E-state index is 0.0186. The Hall–Kier alpha value is -1.81. The van der Waals surface area contributed by atoms with Gasteiger partial charge in [0.05, 0.1) is 13.2 Å². The van der Waals surface area contributed by atoms with Gasteiger partial charge >= 0.3 is 0 Å². The van der Waals surface area contributed by atoms with E-state index in [9.17, 15) is 4.79 Å². The van der Waals surface area contributed by atoms with Crippen LogP contribution < -0.4 is 10.1 Å². The van der Waals surface area contributed by atoms with Crippen LogP contribution in [0.4, 0.5) is 0 Å². The highest BCUT2D eigenvalue weighted by Gasteiger charge is 2.04. The van der Waals surface area contributed by atoms with Gasteiger partial charge in [-0.25, -0.2) is 0 Å². The van der Waals surface area contributed by atoms with Crippen molar-refractivity contribution < 1.29 is 14.3 Å². The quantitative estimate of drug-likeness (QED) is 0.586. The zero-order valence-electron chi connectivity index (χ0n) is 12.5. The van der Waals surface area contributed by atoms with Crippen LogP contribution >= 0.6 is 0 Å². The molecule has 0 aliphatic carbocycles. The Labute approximate surface area is 120 Å². The van der Waals surface area contributed by atoms with Crippen LogP contribution in [-0.2, 0) is 9.53 Å². The molecule has 0 aromatic heterocycles. The van der Waals surface area contributed by atoms with E-state index < -0.39 is 0 Å². The maximum Gasteiger partial charge on any atom is 0.258 e.